The molecule has 0 spiro atoms. The number of aryl methyl sites for hydroxylation is 1. The molecule has 3 heteroatoms. The highest BCUT2D eigenvalue weighted by molar-refractivity contribution is 6.62. The molecular formula is C11H14ClNO. The van der Waals surface area contributed by atoms with Gasteiger partial charge in [-0.1, -0.05) is 29.8 Å². The van der Waals surface area contributed by atoms with E-state index in [0.717, 1.165) is 5.56 Å². The average molecular weight is 212 g/mol. The molecule has 0 saturated carbocycles. The van der Waals surface area contributed by atoms with Crippen molar-refractivity contribution in [3.8, 4) is 0 Å². The predicted molar refractivity (Wildman–Crippen MR) is 58.6 cm³/mol. The molecule has 1 amide bonds. The van der Waals surface area contributed by atoms with E-state index in [1.54, 1.807) is 7.05 Å². The van der Waals surface area contributed by atoms with Gasteiger partial charge in [-0.15, -0.1) is 0 Å². The number of hydrogen-bond acceptors (Lipinski definition) is 1. The lowest BCUT2D eigenvalue weighted by atomic mass is 10.1. The lowest BCUT2D eigenvalue weighted by molar-refractivity contribution is 0.218. The summed E-state index contributed by atoms with van der Waals surface area (Å²) in [6.45, 7) is 3.98. The van der Waals surface area contributed by atoms with Crippen molar-refractivity contribution < 1.29 is 4.79 Å². The van der Waals surface area contributed by atoms with Gasteiger partial charge in [-0.3, -0.25) is 4.79 Å². The zero-order valence-corrected chi connectivity index (χ0v) is 9.38. The number of nitrogens with zero attached hydrogens (tertiary/aromatic N) is 1. The van der Waals surface area contributed by atoms with Crippen molar-refractivity contribution in [2.24, 2.45) is 0 Å². The topological polar surface area (TPSA) is 20.3 Å². The Morgan fingerprint density at radius 3 is 2.29 bits per heavy atom. The molecule has 0 aliphatic rings. The van der Waals surface area contributed by atoms with E-state index in [1.165, 1.54) is 10.5 Å². The number of hydrogen-bond donors (Lipinski definition) is 0. The highest BCUT2D eigenvalue weighted by atomic mass is 35.5. The second-order valence-corrected chi connectivity index (χ2v) is 3.77. The average Bonchev–Trinajstić information content (AvgIpc) is 2.16. The van der Waals surface area contributed by atoms with Gasteiger partial charge < -0.3 is 4.90 Å². The fraction of sp³-hybridized carbons (Fsp3) is 0.364. The fourth-order valence-corrected chi connectivity index (χ4v) is 1.37. The first-order valence-corrected chi connectivity index (χ1v) is 4.89. The Morgan fingerprint density at radius 2 is 1.86 bits per heavy atom. The van der Waals surface area contributed by atoms with Crippen LogP contribution in [0.4, 0.5) is 4.79 Å². The van der Waals surface area contributed by atoms with E-state index in [-0.39, 0.29) is 6.04 Å². The fourth-order valence-electron chi connectivity index (χ4n) is 1.22. The minimum atomic E-state index is -0.432. The van der Waals surface area contributed by atoms with Crippen LogP contribution in [0.2, 0.25) is 0 Å². The molecule has 0 aliphatic heterocycles. The third-order valence-electron chi connectivity index (χ3n) is 2.42. The Balaban J connectivity index is 2.84. The first kappa shape index (κ1) is 11.1. The molecule has 0 bridgehead atoms. The molecule has 1 aromatic carbocycles. The lowest BCUT2D eigenvalue weighted by Gasteiger charge is -2.22. The van der Waals surface area contributed by atoms with Crippen LogP contribution in [0.3, 0.4) is 0 Å². The maximum atomic E-state index is 10.9. The quantitative estimate of drug-likeness (QED) is 0.543. The largest absolute Gasteiger partial charge is 0.326 e. The van der Waals surface area contributed by atoms with Gasteiger partial charge >= 0.3 is 5.37 Å². The van der Waals surface area contributed by atoms with Crippen LogP contribution < -0.4 is 0 Å². The van der Waals surface area contributed by atoms with Crippen LogP contribution in [0.25, 0.3) is 0 Å². The Labute approximate surface area is 89.5 Å². The van der Waals surface area contributed by atoms with E-state index in [9.17, 15) is 4.79 Å². The van der Waals surface area contributed by atoms with Gasteiger partial charge in [0, 0.05) is 7.05 Å². The molecule has 0 heterocycles. The van der Waals surface area contributed by atoms with Gasteiger partial charge in [0.05, 0.1) is 6.04 Å². The van der Waals surface area contributed by atoms with Crippen LogP contribution in [0.1, 0.15) is 24.1 Å². The Morgan fingerprint density at radius 1 is 1.36 bits per heavy atom. The summed E-state index contributed by atoms with van der Waals surface area (Å²) in [6.07, 6.45) is 0. The van der Waals surface area contributed by atoms with Crippen molar-refractivity contribution in [1.29, 1.82) is 0 Å². The molecule has 1 rings (SSSR count). The minimum Gasteiger partial charge on any atom is -0.326 e. The van der Waals surface area contributed by atoms with Gasteiger partial charge in [-0.25, -0.2) is 0 Å². The Bertz CT molecular complexity index is 321. The molecular weight excluding hydrogens is 198 g/mol. The van der Waals surface area contributed by atoms with E-state index >= 15 is 0 Å². The normalized spacial score (nSPS) is 12.3. The van der Waals surface area contributed by atoms with Gasteiger partial charge in [0.15, 0.2) is 0 Å². The van der Waals surface area contributed by atoms with Gasteiger partial charge in [-0.2, -0.15) is 0 Å². The SMILES string of the molecule is Cc1ccc(C(C)N(C)C(=O)Cl)cc1. The number of amides is 1. The minimum absolute atomic E-state index is 0.0144. The molecule has 14 heavy (non-hydrogen) atoms. The van der Waals surface area contributed by atoms with Crippen LogP contribution >= 0.6 is 11.6 Å². The summed E-state index contributed by atoms with van der Waals surface area (Å²) in [6, 6.07) is 8.09. The third-order valence-corrected chi connectivity index (χ3v) is 2.68. The monoisotopic (exact) mass is 211 g/mol. The van der Waals surface area contributed by atoms with E-state index in [1.807, 2.05) is 38.1 Å². The predicted octanol–water partition coefficient (Wildman–Crippen LogP) is 3.35. The number of rotatable bonds is 2. The van der Waals surface area contributed by atoms with Crippen molar-refractivity contribution >= 4 is 17.0 Å². The van der Waals surface area contributed by atoms with Gasteiger partial charge in [0.2, 0.25) is 0 Å². The van der Waals surface area contributed by atoms with Crippen molar-refractivity contribution in [2.75, 3.05) is 7.05 Å². The first-order valence-electron chi connectivity index (χ1n) is 4.51. The van der Waals surface area contributed by atoms with Crippen molar-refractivity contribution in [3.63, 3.8) is 0 Å². The maximum Gasteiger partial charge on any atom is 0.316 e. The molecule has 0 N–H and O–H groups in total. The summed E-state index contributed by atoms with van der Waals surface area (Å²) in [5.41, 5.74) is 2.30. The van der Waals surface area contributed by atoms with Crippen molar-refractivity contribution in [3.05, 3.63) is 35.4 Å². The van der Waals surface area contributed by atoms with Crippen molar-refractivity contribution in [1.82, 2.24) is 4.90 Å². The van der Waals surface area contributed by atoms with Crippen LogP contribution in [0, 0.1) is 6.92 Å². The molecule has 0 aliphatic carbocycles. The molecule has 0 radical (unpaired) electrons. The molecule has 0 fully saturated rings. The summed E-state index contributed by atoms with van der Waals surface area (Å²) in [4.78, 5) is 12.4. The van der Waals surface area contributed by atoms with Crippen LogP contribution in [0.15, 0.2) is 24.3 Å². The summed E-state index contributed by atoms with van der Waals surface area (Å²) >= 11 is 5.39. The van der Waals surface area contributed by atoms with Crippen LogP contribution in [-0.4, -0.2) is 17.3 Å². The van der Waals surface area contributed by atoms with Gasteiger partial charge in [-0.05, 0) is 31.0 Å². The van der Waals surface area contributed by atoms with Crippen LogP contribution in [0.5, 0.6) is 0 Å². The molecule has 76 valence electrons. The standard InChI is InChI=1S/C11H14ClNO/c1-8-4-6-10(7-5-8)9(2)13(3)11(12)14/h4-7,9H,1-3H3. The maximum absolute atomic E-state index is 10.9. The number of halogens is 1. The Kier molecular flexibility index (Phi) is 3.53. The lowest BCUT2D eigenvalue weighted by Crippen LogP contribution is -2.24. The van der Waals surface area contributed by atoms with Crippen LogP contribution in [-0.2, 0) is 0 Å². The molecule has 0 saturated heterocycles. The summed E-state index contributed by atoms with van der Waals surface area (Å²) in [5.74, 6) is 0. The molecule has 1 atom stereocenters. The molecule has 0 aromatic heterocycles. The van der Waals surface area contributed by atoms with Gasteiger partial charge in [0.1, 0.15) is 0 Å². The Hall–Kier alpha value is -1.02. The van der Waals surface area contributed by atoms with Crippen molar-refractivity contribution in [2.45, 2.75) is 19.9 Å². The zero-order chi connectivity index (χ0) is 10.7. The number of benzene rings is 1. The second kappa shape index (κ2) is 4.47. The van der Waals surface area contributed by atoms with E-state index < -0.39 is 5.37 Å². The summed E-state index contributed by atoms with van der Waals surface area (Å²) in [7, 11) is 1.69. The van der Waals surface area contributed by atoms with Gasteiger partial charge in [0.25, 0.3) is 0 Å². The summed E-state index contributed by atoms with van der Waals surface area (Å²) in [5, 5.41) is -0.432. The summed E-state index contributed by atoms with van der Waals surface area (Å²) < 4.78 is 0. The molecule has 1 unspecified atom stereocenters. The zero-order valence-electron chi connectivity index (χ0n) is 8.62. The number of carbonyl (C=O) groups excluding carboxylic acids is 1. The smallest absolute Gasteiger partial charge is 0.316 e. The number of carbonyl (C=O) groups is 1. The highest BCUT2D eigenvalue weighted by Crippen LogP contribution is 2.20. The van der Waals surface area contributed by atoms with E-state index in [2.05, 4.69) is 0 Å². The highest BCUT2D eigenvalue weighted by Gasteiger charge is 2.14. The molecule has 2 nitrogen and oxygen atoms in total. The third kappa shape index (κ3) is 2.48. The van der Waals surface area contributed by atoms with E-state index in [4.69, 9.17) is 11.6 Å². The molecule has 1 aromatic rings. The second-order valence-electron chi connectivity index (χ2n) is 3.45. The first-order chi connectivity index (χ1) is 6.52. The van der Waals surface area contributed by atoms with E-state index in [0.29, 0.717) is 0 Å².